The highest BCUT2D eigenvalue weighted by Gasteiger charge is 2.36. The molecule has 52 heavy (non-hydrogen) atoms. The number of anilines is 3. The SMILES string of the molecule is CC(C)(C)c1ccc(-c2cccc3cccc(-c4cccc(N(c5ccc6c(c5)C(C)(C)c5ccccc5-6)c5ccccc5C(C)(C)C)c4)c23)cc1. The van der Waals surface area contributed by atoms with Crippen molar-refractivity contribution in [1.82, 2.24) is 0 Å². The number of nitrogens with zero attached hydrogens (tertiary/aromatic N) is 1. The van der Waals surface area contributed by atoms with E-state index in [-0.39, 0.29) is 16.2 Å². The molecule has 0 atom stereocenters. The van der Waals surface area contributed by atoms with Crippen molar-refractivity contribution < 1.29 is 0 Å². The van der Waals surface area contributed by atoms with Crippen LogP contribution in [0.1, 0.15) is 77.6 Å². The monoisotopic (exact) mass is 675 g/mol. The molecule has 7 aromatic carbocycles. The van der Waals surface area contributed by atoms with Crippen molar-refractivity contribution in [2.24, 2.45) is 0 Å². The number of fused-ring (bicyclic) bond motifs is 4. The maximum atomic E-state index is 2.49. The molecule has 1 nitrogen and oxygen atoms in total. The Morgan fingerprint density at radius 3 is 1.75 bits per heavy atom. The molecule has 7 aromatic rings. The fraction of sp³-hybridized carbons (Fsp3) is 0.216. The van der Waals surface area contributed by atoms with Gasteiger partial charge in [0.1, 0.15) is 0 Å². The minimum atomic E-state index is -0.0938. The Morgan fingerprint density at radius 1 is 0.442 bits per heavy atom. The zero-order valence-electron chi connectivity index (χ0n) is 31.9. The van der Waals surface area contributed by atoms with E-state index in [0.717, 1.165) is 5.69 Å². The summed E-state index contributed by atoms with van der Waals surface area (Å²) < 4.78 is 0. The van der Waals surface area contributed by atoms with Gasteiger partial charge in [-0.25, -0.2) is 0 Å². The Labute approximate surface area is 310 Å². The minimum Gasteiger partial charge on any atom is -0.310 e. The van der Waals surface area contributed by atoms with Gasteiger partial charge in [0.2, 0.25) is 0 Å². The highest BCUT2D eigenvalue weighted by Crippen LogP contribution is 2.51. The van der Waals surface area contributed by atoms with E-state index in [1.807, 2.05) is 0 Å². The highest BCUT2D eigenvalue weighted by molar-refractivity contribution is 6.06. The van der Waals surface area contributed by atoms with Crippen molar-refractivity contribution in [3.05, 3.63) is 174 Å². The first kappa shape index (κ1) is 33.7. The molecule has 0 bridgehead atoms. The van der Waals surface area contributed by atoms with E-state index in [4.69, 9.17) is 0 Å². The molecule has 8 rings (SSSR count). The maximum Gasteiger partial charge on any atom is 0.0498 e. The lowest BCUT2D eigenvalue weighted by atomic mass is 9.82. The minimum absolute atomic E-state index is 0.0498. The second kappa shape index (κ2) is 12.4. The molecule has 0 saturated carbocycles. The Morgan fingerprint density at radius 2 is 1.04 bits per heavy atom. The summed E-state index contributed by atoms with van der Waals surface area (Å²) in [6.45, 7) is 18.5. The van der Waals surface area contributed by atoms with E-state index < -0.39 is 0 Å². The highest BCUT2D eigenvalue weighted by atomic mass is 15.1. The van der Waals surface area contributed by atoms with Gasteiger partial charge in [0.15, 0.2) is 0 Å². The summed E-state index contributed by atoms with van der Waals surface area (Å²) in [4.78, 5) is 2.49. The summed E-state index contributed by atoms with van der Waals surface area (Å²) in [7, 11) is 0. The molecule has 0 fully saturated rings. The van der Waals surface area contributed by atoms with E-state index >= 15 is 0 Å². The van der Waals surface area contributed by atoms with Crippen LogP contribution in [0.5, 0.6) is 0 Å². The first-order valence-corrected chi connectivity index (χ1v) is 18.7. The zero-order chi connectivity index (χ0) is 36.4. The Bertz CT molecular complexity index is 2440. The van der Waals surface area contributed by atoms with Gasteiger partial charge in [-0.1, -0.05) is 177 Å². The first-order chi connectivity index (χ1) is 24.8. The molecule has 0 unspecified atom stereocenters. The van der Waals surface area contributed by atoms with Crippen molar-refractivity contribution in [2.45, 2.75) is 71.6 Å². The molecule has 0 aliphatic heterocycles. The predicted molar refractivity (Wildman–Crippen MR) is 224 cm³/mol. The molecular weight excluding hydrogens is 627 g/mol. The average molecular weight is 676 g/mol. The summed E-state index contributed by atoms with van der Waals surface area (Å²) in [6, 6.07) is 56.7. The van der Waals surface area contributed by atoms with Crippen LogP contribution in [0, 0.1) is 0 Å². The summed E-state index contributed by atoms with van der Waals surface area (Å²) >= 11 is 0. The van der Waals surface area contributed by atoms with E-state index in [2.05, 4.69) is 212 Å². The van der Waals surface area contributed by atoms with Crippen LogP contribution in [0.25, 0.3) is 44.2 Å². The molecule has 1 aliphatic carbocycles. The van der Waals surface area contributed by atoms with E-state index in [1.165, 1.54) is 77.8 Å². The molecule has 0 amide bonds. The van der Waals surface area contributed by atoms with Gasteiger partial charge in [-0.3, -0.25) is 0 Å². The first-order valence-electron chi connectivity index (χ1n) is 18.7. The van der Waals surface area contributed by atoms with Crippen LogP contribution in [0.2, 0.25) is 0 Å². The van der Waals surface area contributed by atoms with Gasteiger partial charge >= 0.3 is 0 Å². The molecule has 0 saturated heterocycles. The average Bonchev–Trinajstić information content (AvgIpc) is 3.36. The summed E-state index contributed by atoms with van der Waals surface area (Å²) in [5, 5.41) is 2.53. The Balaban J connectivity index is 1.32. The van der Waals surface area contributed by atoms with Gasteiger partial charge in [0.25, 0.3) is 0 Å². The molecule has 0 radical (unpaired) electrons. The zero-order valence-corrected chi connectivity index (χ0v) is 31.9. The third kappa shape index (κ3) is 5.73. The van der Waals surface area contributed by atoms with E-state index in [9.17, 15) is 0 Å². The van der Waals surface area contributed by atoms with Gasteiger partial charge in [0, 0.05) is 22.5 Å². The van der Waals surface area contributed by atoms with Gasteiger partial charge in [0.05, 0.1) is 0 Å². The van der Waals surface area contributed by atoms with Crippen LogP contribution < -0.4 is 4.90 Å². The van der Waals surface area contributed by atoms with Crippen LogP contribution >= 0.6 is 0 Å². The largest absolute Gasteiger partial charge is 0.310 e. The van der Waals surface area contributed by atoms with Crippen LogP contribution in [0.15, 0.2) is 152 Å². The normalized spacial score (nSPS) is 13.5. The second-order valence-electron chi connectivity index (χ2n) is 17.1. The fourth-order valence-electron chi connectivity index (χ4n) is 8.35. The molecule has 0 heterocycles. The molecule has 1 aliphatic rings. The Kier molecular flexibility index (Phi) is 8.03. The molecule has 0 spiro atoms. The fourth-order valence-corrected chi connectivity index (χ4v) is 8.35. The van der Waals surface area contributed by atoms with E-state index in [1.54, 1.807) is 0 Å². The van der Waals surface area contributed by atoms with Gasteiger partial charge < -0.3 is 4.90 Å². The van der Waals surface area contributed by atoms with Gasteiger partial charge in [-0.05, 0) is 108 Å². The van der Waals surface area contributed by atoms with Crippen LogP contribution in [-0.2, 0) is 16.2 Å². The predicted octanol–water partition coefficient (Wildman–Crippen LogP) is 14.5. The van der Waals surface area contributed by atoms with Crippen LogP contribution in [0.4, 0.5) is 17.1 Å². The molecule has 0 N–H and O–H groups in total. The van der Waals surface area contributed by atoms with Crippen molar-refractivity contribution in [3.8, 4) is 33.4 Å². The lowest BCUT2D eigenvalue weighted by Gasteiger charge is -2.33. The maximum absolute atomic E-state index is 2.49. The quantitative estimate of drug-likeness (QED) is 0.175. The molecule has 0 aromatic heterocycles. The van der Waals surface area contributed by atoms with Crippen molar-refractivity contribution in [1.29, 1.82) is 0 Å². The van der Waals surface area contributed by atoms with Crippen molar-refractivity contribution in [3.63, 3.8) is 0 Å². The summed E-state index contributed by atoms with van der Waals surface area (Å²) in [6.07, 6.45) is 0. The number of hydrogen-bond donors (Lipinski definition) is 0. The second-order valence-corrected chi connectivity index (χ2v) is 17.1. The summed E-state index contributed by atoms with van der Waals surface area (Å²) in [5.41, 5.74) is 16.5. The number of benzene rings is 7. The number of hydrogen-bond acceptors (Lipinski definition) is 1. The van der Waals surface area contributed by atoms with Crippen molar-refractivity contribution in [2.75, 3.05) is 4.90 Å². The molecular formula is C51H49N. The number of rotatable bonds is 5. The third-order valence-electron chi connectivity index (χ3n) is 11.2. The Hall–Kier alpha value is -5.40. The molecule has 258 valence electrons. The standard InChI is InChI=1S/C51H49N/c1-49(2,3)37-28-26-34(27-29-37)40-21-14-16-35-17-15-22-41(48(35)40)36-18-13-19-38(32-36)52(47-25-12-11-24-45(47)50(4,5)6)39-30-31-43-42-20-9-10-23-44(42)51(7,8)46(43)33-39/h9-33H,1-8H3. The third-order valence-corrected chi connectivity index (χ3v) is 11.2. The smallest absolute Gasteiger partial charge is 0.0498 e. The lowest BCUT2D eigenvalue weighted by Crippen LogP contribution is -2.20. The van der Waals surface area contributed by atoms with Crippen LogP contribution in [-0.4, -0.2) is 0 Å². The number of para-hydroxylation sites is 1. The van der Waals surface area contributed by atoms with E-state index in [0.29, 0.717) is 0 Å². The van der Waals surface area contributed by atoms with Crippen LogP contribution in [0.3, 0.4) is 0 Å². The van der Waals surface area contributed by atoms with Gasteiger partial charge in [-0.2, -0.15) is 0 Å². The topological polar surface area (TPSA) is 3.24 Å². The van der Waals surface area contributed by atoms with Gasteiger partial charge in [-0.15, -0.1) is 0 Å². The summed E-state index contributed by atoms with van der Waals surface area (Å²) in [5.74, 6) is 0. The lowest BCUT2D eigenvalue weighted by molar-refractivity contribution is 0.590. The molecule has 1 heteroatoms. The van der Waals surface area contributed by atoms with Crippen molar-refractivity contribution >= 4 is 27.8 Å².